The van der Waals surface area contributed by atoms with Gasteiger partial charge in [-0.1, -0.05) is 0 Å². The van der Waals surface area contributed by atoms with Crippen LogP contribution in [-0.2, 0) is 16.1 Å². The molecule has 3 rings (SSSR count). The van der Waals surface area contributed by atoms with Crippen molar-refractivity contribution in [2.24, 2.45) is 0 Å². The highest BCUT2D eigenvalue weighted by atomic mass is 16.3. The van der Waals surface area contributed by atoms with Gasteiger partial charge in [-0.2, -0.15) is 5.10 Å². The molecule has 0 aliphatic rings. The molecule has 2 N–H and O–H groups in total. The third-order valence-electron chi connectivity index (χ3n) is 3.38. The minimum Gasteiger partial charge on any atom is -0.467 e. The second kappa shape index (κ2) is 7.32. The van der Waals surface area contributed by atoms with E-state index < -0.39 is 11.8 Å². The second-order valence-electron chi connectivity index (χ2n) is 4.99. The Labute approximate surface area is 137 Å². The zero-order chi connectivity index (χ0) is 16.8. The maximum atomic E-state index is 11.9. The van der Waals surface area contributed by atoms with Gasteiger partial charge in [-0.3, -0.25) is 14.3 Å². The number of hydrogen-bond acceptors (Lipinski definition) is 5. The predicted molar refractivity (Wildman–Crippen MR) is 82.6 cm³/mol. The average molecular weight is 328 g/mol. The summed E-state index contributed by atoms with van der Waals surface area (Å²) < 4.78 is 12.1. The first-order valence-electron chi connectivity index (χ1n) is 7.35. The van der Waals surface area contributed by atoms with Crippen molar-refractivity contribution in [3.8, 4) is 0 Å². The number of nitrogens with one attached hydrogen (secondary N) is 2. The first-order chi connectivity index (χ1) is 11.7. The molecule has 0 aliphatic heterocycles. The van der Waals surface area contributed by atoms with Crippen molar-refractivity contribution in [1.82, 2.24) is 20.4 Å². The number of carbonyl (C=O) groups excluding carboxylic acids is 2. The highest BCUT2D eigenvalue weighted by molar-refractivity contribution is 6.35. The lowest BCUT2D eigenvalue weighted by Crippen LogP contribution is -2.41. The van der Waals surface area contributed by atoms with E-state index in [-0.39, 0.29) is 19.1 Å². The van der Waals surface area contributed by atoms with Gasteiger partial charge in [-0.05, 0) is 30.3 Å². The van der Waals surface area contributed by atoms with Crippen molar-refractivity contribution in [3.63, 3.8) is 0 Å². The van der Waals surface area contributed by atoms with Crippen LogP contribution in [0.25, 0.3) is 0 Å². The summed E-state index contributed by atoms with van der Waals surface area (Å²) in [4.78, 5) is 23.7. The molecule has 0 saturated heterocycles. The number of carbonyl (C=O) groups is 2. The standard InChI is InChI=1S/C16H16N4O4/c21-15(17-10-12-4-1-8-23-12)16(22)18-11-13(14-5-2-9-24-14)20-7-3-6-19-20/h1-9,13H,10-11H2,(H,17,21)(H,18,22). The Kier molecular flexibility index (Phi) is 4.76. The number of amides is 2. The van der Waals surface area contributed by atoms with E-state index in [9.17, 15) is 9.59 Å². The van der Waals surface area contributed by atoms with Gasteiger partial charge >= 0.3 is 11.8 Å². The highest BCUT2D eigenvalue weighted by Gasteiger charge is 2.20. The molecule has 0 spiro atoms. The molecule has 0 aliphatic carbocycles. The molecule has 8 heteroatoms. The van der Waals surface area contributed by atoms with Crippen LogP contribution >= 0.6 is 0 Å². The van der Waals surface area contributed by atoms with Gasteiger partial charge in [0.1, 0.15) is 17.6 Å². The van der Waals surface area contributed by atoms with E-state index in [0.29, 0.717) is 11.5 Å². The van der Waals surface area contributed by atoms with E-state index in [2.05, 4.69) is 15.7 Å². The molecule has 0 aromatic carbocycles. The summed E-state index contributed by atoms with van der Waals surface area (Å²) in [5.41, 5.74) is 0. The van der Waals surface area contributed by atoms with E-state index in [1.165, 1.54) is 6.26 Å². The van der Waals surface area contributed by atoms with Crippen molar-refractivity contribution in [2.75, 3.05) is 6.54 Å². The molecule has 0 saturated carbocycles. The summed E-state index contributed by atoms with van der Waals surface area (Å²) in [5.74, 6) is -0.258. The average Bonchev–Trinajstić information content (AvgIpc) is 3.35. The van der Waals surface area contributed by atoms with E-state index in [4.69, 9.17) is 8.83 Å². The Morgan fingerprint density at radius 1 is 1.08 bits per heavy atom. The molecule has 1 atom stereocenters. The van der Waals surface area contributed by atoms with Crippen LogP contribution in [-0.4, -0.2) is 28.1 Å². The van der Waals surface area contributed by atoms with E-state index >= 15 is 0 Å². The van der Waals surface area contributed by atoms with Crippen molar-refractivity contribution in [2.45, 2.75) is 12.6 Å². The van der Waals surface area contributed by atoms with Gasteiger partial charge in [0.2, 0.25) is 0 Å². The minimum absolute atomic E-state index is 0.153. The summed E-state index contributed by atoms with van der Waals surface area (Å²) in [7, 11) is 0. The van der Waals surface area contributed by atoms with Gasteiger partial charge < -0.3 is 19.5 Å². The zero-order valence-electron chi connectivity index (χ0n) is 12.7. The Hall–Kier alpha value is -3.29. The Morgan fingerprint density at radius 2 is 1.88 bits per heavy atom. The molecular formula is C16H16N4O4. The van der Waals surface area contributed by atoms with Crippen molar-refractivity contribution >= 4 is 11.8 Å². The molecule has 1 unspecified atom stereocenters. The maximum Gasteiger partial charge on any atom is 0.309 e. The smallest absolute Gasteiger partial charge is 0.309 e. The summed E-state index contributed by atoms with van der Waals surface area (Å²) in [6, 6.07) is 8.40. The topological polar surface area (TPSA) is 102 Å². The Morgan fingerprint density at radius 3 is 2.54 bits per heavy atom. The molecule has 124 valence electrons. The quantitative estimate of drug-likeness (QED) is 0.660. The molecule has 0 fully saturated rings. The van der Waals surface area contributed by atoms with Crippen LogP contribution in [0, 0.1) is 0 Å². The van der Waals surface area contributed by atoms with Crippen molar-refractivity contribution in [3.05, 3.63) is 66.8 Å². The monoisotopic (exact) mass is 328 g/mol. The molecule has 3 aromatic rings. The van der Waals surface area contributed by atoms with Gasteiger partial charge in [0, 0.05) is 18.9 Å². The summed E-state index contributed by atoms with van der Waals surface area (Å²) >= 11 is 0. The SMILES string of the molecule is O=C(NCc1ccco1)C(=O)NCC(c1ccco1)n1cccn1. The number of hydrogen-bond donors (Lipinski definition) is 2. The third kappa shape index (κ3) is 3.72. The summed E-state index contributed by atoms with van der Waals surface area (Å²) in [6.07, 6.45) is 6.44. The first-order valence-corrected chi connectivity index (χ1v) is 7.35. The first kappa shape index (κ1) is 15.6. The summed E-state index contributed by atoms with van der Waals surface area (Å²) in [5, 5.41) is 9.23. The van der Waals surface area contributed by atoms with Gasteiger partial charge in [-0.25, -0.2) is 0 Å². The fourth-order valence-corrected chi connectivity index (χ4v) is 2.20. The van der Waals surface area contributed by atoms with Crippen LogP contribution in [0.4, 0.5) is 0 Å². The molecule has 8 nitrogen and oxygen atoms in total. The van der Waals surface area contributed by atoms with E-state index in [0.717, 1.165) is 0 Å². The van der Waals surface area contributed by atoms with Crippen LogP contribution in [0.1, 0.15) is 17.6 Å². The molecule has 0 radical (unpaired) electrons. The van der Waals surface area contributed by atoms with E-state index in [1.807, 2.05) is 0 Å². The van der Waals surface area contributed by atoms with Crippen LogP contribution in [0.5, 0.6) is 0 Å². The van der Waals surface area contributed by atoms with Crippen LogP contribution in [0.3, 0.4) is 0 Å². The number of furan rings is 2. The highest BCUT2D eigenvalue weighted by Crippen LogP contribution is 2.16. The van der Waals surface area contributed by atoms with Crippen molar-refractivity contribution < 1.29 is 18.4 Å². The lowest BCUT2D eigenvalue weighted by molar-refractivity contribution is -0.139. The fourth-order valence-electron chi connectivity index (χ4n) is 2.20. The van der Waals surface area contributed by atoms with Gasteiger partial charge in [-0.15, -0.1) is 0 Å². The van der Waals surface area contributed by atoms with Gasteiger partial charge in [0.15, 0.2) is 0 Å². The Balaban J connectivity index is 1.56. The molecule has 2 amide bonds. The fraction of sp³-hybridized carbons (Fsp3) is 0.188. The number of aromatic nitrogens is 2. The molecule has 3 heterocycles. The minimum atomic E-state index is -0.731. The molecule has 0 bridgehead atoms. The zero-order valence-corrected chi connectivity index (χ0v) is 12.7. The second-order valence-corrected chi connectivity index (χ2v) is 4.99. The number of nitrogens with zero attached hydrogens (tertiary/aromatic N) is 2. The number of rotatable bonds is 6. The van der Waals surface area contributed by atoms with Crippen LogP contribution < -0.4 is 10.6 Å². The third-order valence-corrected chi connectivity index (χ3v) is 3.38. The van der Waals surface area contributed by atoms with Gasteiger partial charge in [0.25, 0.3) is 0 Å². The molecule has 24 heavy (non-hydrogen) atoms. The van der Waals surface area contributed by atoms with Crippen molar-refractivity contribution in [1.29, 1.82) is 0 Å². The largest absolute Gasteiger partial charge is 0.467 e. The summed E-state index contributed by atoms with van der Waals surface area (Å²) in [6.45, 7) is 0.322. The Bertz CT molecular complexity index is 729. The van der Waals surface area contributed by atoms with Crippen LogP contribution in [0.2, 0.25) is 0 Å². The normalized spacial score (nSPS) is 11.8. The predicted octanol–water partition coefficient (Wildman–Crippen LogP) is 1.09. The lowest BCUT2D eigenvalue weighted by atomic mass is 10.2. The van der Waals surface area contributed by atoms with E-state index in [1.54, 1.807) is 53.7 Å². The molecule has 3 aromatic heterocycles. The maximum absolute atomic E-state index is 11.9. The van der Waals surface area contributed by atoms with Crippen LogP contribution in [0.15, 0.2) is 64.1 Å². The van der Waals surface area contributed by atoms with Gasteiger partial charge in [0.05, 0.1) is 19.1 Å². The molecular weight excluding hydrogens is 312 g/mol. The lowest BCUT2D eigenvalue weighted by Gasteiger charge is -2.16.